The van der Waals surface area contributed by atoms with Gasteiger partial charge in [-0.3, -0.25) is 19.1 Å². The first kappa shape index (κ1) is 19.3. The zero-order valence-corrected chi connectivity index (χ0v) is 16.4. The van der Waals surface area contributed by atoms with Crippen LogP contribution in [-0.2, 0) is 18.9 Å². The van der Waals surface area contributed by atoms with Crippen LogP contribution < -0.4 is 16.6 Å². The van der Waals surface area contributed by atoms with Crippen LogP contribution in [0.2, 0.25) is 0 Å². The lowest BCUT2D eigenvalue weighted by atomic mass is 10.2. The van der Waals surface area contributed by atoms with Crippen molar-refractivity contribution in [2.24, 2.45) is 14.1 Å². The molecule has 1 aliphatic rings. The molecule has 27 heavy (non-hydrogen) atoms. The number of carbonyl (C=O) groups excluding carboxylic acids is 1. The molecule has 2 aromatic rings. The number of hydrogen-bond donors (Lipinski definition) is 1. The molecule has 1 amide bonds. The van der Waals surface area contributed by atoms with Crippen LogP contribution in [0.1, 0.15) is 29.3 Å². The molecule has 1 N–H and O–H groups in total. The first-order chi connectivity index (χ1) is 13.0. The number of carbonyl (C=O) groups is 1. The number of hydrogen-bond acceptors (Lipinski definition) is 5. The van der Waals surface area contributed by atoms with Crippen LogP contribution >= 0.6 is 11.3 Å². The molecule has 3 rings (SSSR count). The lowest BCUT2D eigenvalue weighted by molar-refractivity contribution is -0.116. The van der Waals surface area contributed by atoms with Crippen molar-refractivity contribution in [3.05, 3.63) is 61.1 Å². The minimum atomic E-state index is -0.421. The first-order valence-electron chi connectivity index (χ1n) is 8.97. The van der Waals surface area contributed by atoms with Crippen molar-refractivity contribution in [1.29, 1.82) is 0 Å². The van der Waals surface area contributed by atoms with E-state index in [0.29, 0.717) is 12.1 Å². The Bertz CT molecular complexity index is 937. The van der Waals surface area contributed by atoms with Crippen LogP contribution in [0.3, 0.4) is 0 Å². The maximum atomic E-state index is 12.3. The third-order valence-electron chi connectivity index (χ3n) is 4.81. The molecule has 0 radical (unpaired) electrons. The number of rotatable bonds is 6. The lowest BCUT2D eigenvalue weighted by Gasteiger charge is -2.26. The van der Waals surface area contributed by atoms with E-state index in [9.17, 15) is 14.4 Å². The summed E-state index contributed by atoms with van der Waals surface area (Å²) in [5.41, 5.74) is -0.522. The van der Waals surface area contributed by atoms with Crippen molar-refractivity contribution >= 4 is 23.3 Å². The zero-order valence-electron chi connectivity index (χ0n) is 15.6. The van der Waals surface area contributed by atoms with Crippen molar-refractivity contribution in [3.8, 4) is 0 Å². The van der Waals surface area contributed by atoms with Crippen LogP contribution in [0.5, 0.6) is 0 Å². The predicted molar refractivity (Wildman–Crippen MR) is 107 cm³/mol. The molecule has 0 aliphatic carbocycles. The Balaban J connectivity index is 1.67. The maximum Gasteiger partial charge on any atom is 0.330 e. The molecule has 2 aromatic heterocycles. The summed E-state index contributed by atoms with van der Waals surface area (Å²) >= 11 is 1.70. The van der Waals surface area contributed by atoms with Gasteiger partial charge in [0.2, 0.25) is 5.91 Å². The second-order valence-corrected chi connectivity index (χ2v) is 7.67. The van der Waals surface area contributed by atoms with Crippen LogP contribution in [0.25, 0.3) is 6.08 Å². The Labute approximate surface area is 161 Å². The highest BCUT2D eigenvalue weighted by Crippen LogP contribution is 2.27. The van der Waals surface area contributed by atoms with Gasteiger partial charge in [0, 0.05) is 37.8 Å². The third kappa shape index (κ3) is 4.45. The first-order valence-corrected chi connectivity index (χ1v) is 9.85. The molecule has 3 heterocycles. The van der Waals surface area contributed by atoms with Gasteiger partial charge in [-0.1, -0.05) is 6.07 Å². The molecule has 1 atom stereocenters. The van der Waals surface area contributed by atoms with E-state index in [1.54, 1.807) is 18.4 Å². The lowest BCUT2D eigenvalue weighted by Crippen LogP contribution is -2.37. The Morgan fingerprint density at radius 1 is 1.30 bits per heavy atom. The van der Waals surface area contributed by atoms with E-state index in [4.69, 9.17) is 0 Å². The van der Waals surface area contributed by atoms with Crippen LogP contribution in [0, 0.1) is 0 Å². The number of likely N-dealkylation sites (tertiary alicyclic amines) is 1. The summed E-state index contributed by atoms with van der Waals surface area (Å²) in [6, 6.07) is 4.31. The summed E-state index contributed by atoms with van der Waals surface area (Å²) in [4.78, 5) is 39.7. The normalized spacial score (nSPS) is 16.1. The molecule has 1 saturated heterocycles. The Hall–Kier alpha value is -2.45. The zero-order chi connectivity index (χ0) is 19.4. The smallest absolute Gasteiger partial charge is 0.330 e. The molecule has 0 saturated carbocycles. The van der Waals surface area contributed by atoms with Crippen molar-refractivity contribution in [2.75, 3.05) is 19.6 Å². The minimum Gasteiger partial charge on any atom is -0.351 e. The second kappa shape index (κ2) is 8.49. The highest BCUT2D eigenvalue weighted by Gasteiger charge is 2.24. The molecule has 8 heteroatoms. The number of aryl methyl sites for hydroxylation is 1. The van der Waals surface area contributed by atoms with Gasteiger partial charge in [-0.15, -0.1) is 11.3 Å². The largest absolute Gasteiger partial charge is 0.351 e. The van der Waals surface area contributed by atoms with Gasteiger partial charge in [0.05, 0.1) is 11.6 Å². The van der Waals surface area contributed by atoms with Crippen molar-refractivity contribution in [1.82, 2.24) is 19.4 Å². The van der Waals surface area contributed by atoms with Crippen molar-refractivity contribution in [3.63, 3.8) is 0 Å². The summed E-state index contributed by atoms with van der Waals surface area (Å²) in [6.45, 7) is 2.61. The Kier molecular flexibility index (Phi) is 6.08. The van der Waals surface area contributed by atoms with E-state index in [0.717, 1.165) is 17.7 Å². The summed E-state index contributed by atoms with van der Waals surface area (Å²) in [5.74, 6) is -0.258. The van der Waals surface area contributed by atoms with E-state index in [-0.39, 0.29) is 11.9 Å². The van der Waals surface area contributed by atoms with E-state index >= 15 is 0 Å². The summed E-state index contributed by atoms with van der Waals surface area (Å²) in [5, 5.41) is 4.99. The van der Waals surface area contributed by atoms with Gasteiger partial charge in [-0.2, -0.15) is 0 Å². The molecule has 0 aromatic carbocycles. The number of thiophene rings is 1. The average Bonchev–Trinajstić information content (AvgIpc) is 3.36. The van der Waals surface area contributed by atoms with Crippen LogP contribution in [-0.4, -0.2) is 39.6 Å². The molecule has 1 aliphatic heterocycles. The fourth-order valence-corrected chi connectivity index (χ4v) is 4.18. The molecule has 7 nitrogen and oxygen atoms in total. The predicted octanol–water partition coefficient (Wildman–Crippen LogP) is 1.11. The molecular weight excluding hydrogens is 364 g/mol. The van der Waals surface area contributed by atoms with Crippen LogP contribution in [0.15, 0.2) is 39.4 Å². The van der Waals surface area contributed by atoms with Gasteiger partial charge in [0.15, 0.2) is 0 Å². The van der Waals surface area contributed by atoms with Gasteiger partial charge in [-0.05, 0) is 43.5 Å². The topological polar surface area (TPSA) is 76.3 Å². The van der Waals surface area contributed by atoms with Crippen molar-refractivity contribution in [2.45, 2.75) is 18.9 Å². The molecule has 1 unspecified atom stereocenters. The SMILES string of the molecule is Cn1cc(/C=C/C(=O)NCC(c2cccs2)N2CCCC2)c(=O)n(C)c1=O. The highest BCUT2D eigenvalue weighted by atomic mass is 32.1. The Morgan fingerprint density at radius 3 is 2.70 bits per heavy atom. The van der Waals surface area contributed by atoms with E-state index in [1.165, 1.54) is 47.7 Å². The van der Waals surface area contributed by atoms with Gasteiger partial charge in [0.1, 0.15) is 0 Å². The number of nitrogens with zero attached hydrogens (tertiary/aromatic N) is 3. The monoisotopic (exact) mass is 388 g/mol. The highest BCUT2D eigenvalue weighted by molar-refractivity contribution is 7.10. The van der Waals surface area contributed by atoms with Gasteiger partial charge in [-0.25, -0.2) is 4.79 Å². The van der Waals surface area contributed by atoms with E-state index in [1.807, 2.05) is 6.07 Å². The standard InChI is InChI=1S/C19H24N4O3S/c1-21-13-14(18(25)22(2)19(21)26)7-8-17(24)20-12-15(16-6-5-11-27-16)23-9-3-4-10-23/h5-8,11,13,15H,3-4,9-10,12H2,1-2H3,(H,20,24)/b8-7+. The molecule has 0 bridgehead atoms. The summed E-state index contributed by atoms with van der Waals surface area (Å²) in [7, 11) is 2.99. The minimum absolute atomic E-state index is 0.176. The van der Waals surface area contributed by atoms with E-state index in [2.05, 4.69) is 21.7 Å². The number of nitrogens with one attached hydrogen (secondary N) is 1. The third-order valence-corrected chi connectivity index (χ3v) is 5.78. The summed E-state index contributed by atoms with van der Waals surface area (Å²) < 4.78 is 2.34. The maximum absolute atomic E-state index is 12.3. The fourth-order valence-electron chi connectivity index (χ4n) is 3.32. The van der Waals surface area contributed by atoms with Gasteiger partial charge in [0.25, 0.3) is 5.56 Å². The quantitative estimate of drug-likeness (QED) is 0.753. The fraction of sp³-hybridized carbons (Fsp3) is 0.421. The van der Waals surface area contributed by atoms with Gasteiger partial charge < -0.3 is 9.88 Å². The second-order valence-electron chi connectivity index (χ2n) is 6.69. The molecular formula is C19H24N4O3S. The number of aromatic nitrogens is 2. The van der Waals surface area contributed by atoms with Gasteiger partial charge >= 0.3 is 5.69 Å². The molecule has 0 spiro atoms. The molecule has 144 valence electrons. The summed E-state index contributed by atoms with van der Waals surface area (Å²) in [6.07, 6.45) is 6.61. The molecule has 1 fully saturated rings. The number of amides is 1. The Morgan fingerprint density at radius 2 is 2.04 bits per heavy atom. The van der Waals surface area contributed by atoms with Crippen LogP contribution in [0.4, 0.5) is 0 Å². The average molecular weight is 388 g/mol. The van der Waals surface area contributed by atoms with Crippen molar-refractivity contribution < 1.29 is 4.79 Å². The van der Waals surface area contributed by atoms with E-state index < -0.39 is 11.2 Å².